The largest absolute Gasteiger partial charge is 0.447 e. The first-order valence-electron chi connectivity index (χ1n) is 8.47. The molecule has 1 atom stereocenters. The maximum Gasteiger partial charge on any atom is 0.339 e. The molecular formula is C23H17NO2. The zero-order valence-electron chi connectivity index (χ0n) is 14.1. The Kier molecular flexibility index (Phi) is 4.44. The molecule has 1 aromatic heterocycles. The van der Waals surface area contributed by atoms with E-state index in [1.54, 1.807) is 12.3 Å². The van der Waals surface area contributed by atoms with E-state index < -0.39 is 6.10 Å². The number of ether oxygens (including phenoxy) is 1. The molecule has 0 aliphatic heterocycles. The fourth-order valence-corrected chi connectivity index (χ4v) is 2.95. The van der Waals surface area contributed by atoms with Crippen molar-refractivity contribution in [1.82, 2.24) is 4.98 Å². The summed E-state index contributed by atoms with van der Waals surface area (Å²) >= 11 is 0. The van der Waals surface area contributed by atoms with Crippen molar-refractivity contribution in [2.45, 2.75) is 6.10 Å². The van der Waals surface area contributed by atoms with Crippen molar-refractivity contribution in [3.05, 3.63) is 114 Å². The number of carbonyl (C=O) groups excluding carboxylic acids is 1. The van der Waals surface area contributed by atoms with E-state index in [1.165, 1.54) is 0 Å². The minimum atomic E-state index is -0.545. The average molecular weight is 339 g/mol. The fourth-order valence-electron chi connectivity index (χ4n) is 2.95. The highest BCUT2D eigenvalue weighted by atomic mass is 16.5. The lowest BCUT2D eigenvalue weighted by atomic mass is 10.0. The first-order chi connectivity index (χ1) is 12.8. The number of rotatable bonds is 4. The predicted octanol–water partition coefficient (Wildman–Crippen LogP) is 5.18. The topological polar surface area (TPSA) is 39.2 Å². The molecule has 0 radical (unpaired) electrons. The van der Waals surface area contributed by atoms with Gasteiger partial charge in [-0.15, -0.1) is 0 Å². The van der Waals surface area contributed by atoms with Gasteiger partial charge in [0.1, 0.15) is 0 Å². The molecule has 0 spiro atoms. The highest BCUT2D eigenvalue weighted by Gasteiger charge is 2.21. The molecule has 0 N–H and O–H groups in total. The number of esters is 1. The zero-order valence-corrected chi connectivity index (χ0v) is 14.1. The lowest BCUT2D eigenvalue weighted by molar-refractivity contribution is 0.0371. The summed E-state index contributed by atoms with van der Waals surface area (Å²) < 4.78 is 5.86. The molecule has 0 fully saturated rings. The Morgan fingerprint density at radius 1 is 0.769 bits per heavy atom. The van der Waals surface area contributed by atoms with Crippen LogP contribution in [0.1, 0.15) is 27.7 Å². The molecule has 3 nitrogen and oxygen atoms in total. The number of carbonyl (C=O) groups is 1. The summed E-state index contributed by atoms with van der Waals surface area (Å²) in [4.78, 5) is 17.2. The Balaban J connectivity index is 1.67. The van der Waals surface area contributed by atoms with Crippen LogP contribution in [0.2, 0.25) is 0 Å². The molecule has 3 aromatic carbocycles. The van der Waals surface area contributed by atoms with E-state index in [0.29, 0.717) is 11.3 Å². The quantitative estimate of drug-likeness (QED) is 0.481. The summed E-state index contributed by atoms with van der Waals surface area (Å²) in [5, 5.41) is 2.10. The fraction of sp³-hybridized carbons (Fsp3) is 0.0435. The van der Waals surface area contributed by atoms with Gasteiger partial charge in [0.2, 0.25) is 0 Å². The molecule has 126 valence electrons. The molecule has 0 bridgehead atoms. The summed E-state index contributed by atoms with van der Waals surface area (Å²) in [5.41, 5.74) is 2.12. The van der Waals surface area contributed by atoms with Crippen LogP contribution in [-0.2, 0) is 4.74 Å². The van der Waals surface area contributed by atoms with Gasteiger partial charge in [-0.05, 0) is 40.6 Å². The van der Waals surface area contributed by atoms with Crippen molar-refractivity contribution in [1.29, 1.82) is 0 Å². The number of pyridine rings is 1. The second kappa shape index (κ2) is 7.19. The van der Waals surface area contributed by atoms with E-state index in [1.807, 2.05) is 84.9 Å². The first-order valence-corrected chi connectivity index (χ1v) is 8.47. The monoisotopic (exact) mass is 339 g/mol. The smallest absolute Gasteiger partial charge is 0.339 e. The highest BCUT2D eigenvalue weighted by molar-refractivity contribution is 5.95. The van der Waals surface area contributed by atoms with Gasteiger partial charge in [0, 0.05) is 6.20 Å². The Labute approximate surface area is 151 Å². The maximum atomic E-state index is 12.8. The van der Waals surface area contributed by atoms with Gasteiger partial charge in [-0.1, -0.05) is 66.7 Å². The minimum Gasteiger partial charge on any atom is -0.447 e. The van der Waals surface area contributed by atoms with Crippen molar-refractivity contribution in [3.8, 4) is 0 Å². The Morgan fingerprint density at radius 2 is 1.50 bits per heavy atom. The summed E-state index contributed by atoms with van der Waals surface area (Å²) in [7, 11) is 0. The van der Waals surface area contributed by atoms with Crippen molar-refractivity contribution >= 4 is 16.7 Å². The number of hydrogen-bond donors (Lipinski definition) is 0. The number of nitrogens with zero attached hydrogens (tertiary/aromatic N) is 1. The van der Waals surface area contributed by atoms with Crippen LogP contribution in [0.15, 0.2) is 97.2 Å². The van der Waals surface area contributed by atoms with Crippen molar-refractivity contribution in [2.75, 3.05) is 0 Å². The van der Waals surface area contributed by atoms with E-state index in [9.17, 15) is 4.79 Å². The van der Waals surface area contributed by atoms with E-state index in [0.717, 1.165) is 16.3 Å². The van der Waals surface area contributed by atoms with E-state index >= 15 is 0 Å². The minimum absolute atomic E-state index is 0.366. The van der Waals surface area contributed by atoms with Gasteiger partial charge in [-0.3, -0.25) is 4.98 Å². The number of benzene rings is 3. The van der Waals surface area contributed by atoms with Gasteiger partial charge >= 0.3 is 5.97 Å². The molecule has 4 aromatic rings. The molecule has 0 aliphatic rings. The lowest BCUT2D eigenvalue weighted by Crippen LogP contribution is -2.14. The molecule has 0 saturated carbocycles. The summed E-state index contributed by atoms with van der Waals surface area (Å²) in [5.74, 6) is -0.366. The van der Waals surface area contributed by atoms with Crippen LogP contribution in [0.25, 0.3) is 10.8 Å². The van der Waals surface area contributed by atoms with Gasteiger partial charge < -0.3 is 4.74 Å². The number of hydrogen-bond acceptors (Lipinski definition) is 3. The van der Waals surface area contributed by atoms with Gasteiger partial charge in [-0.2, -0.15) is 0 Å². The average Bonchev–Trinajstić information content (AvgIpc) is 2.72. The molecule has 0 amide bonds. The third-order valence-corrected chi connectivity index (χ3v) is 4.27. The van der Waals surface area contributed by atoms with Crippen LogP contribution in [-0.4, -0.2) is 11.0 Å². The molecule has 4 rings (SSSR count). The Hall–Kier alpha value is -3.46. The SMILES string of the molecule is O=C(OC(c1ccccc1)c1ccccn1)c1ccc2ccccc2c1. The van der Waals surface area contributed by atoms with Gasteiger partial charge in [0.05, 0.1) is 11.3 Å². The van der Waals surface area contributed by atoms with Gasteiger partial charge in [-0.25, -0.2) is 4.79 Å². The molecular weight excluding hydrogens is 322 g/mol. The molecule has 26 heavy (non-hydrogen) atoms. The Morgan fingerprint density at radius 3 is 2.27 bits per heavy atom. The highest BCUT2D eigenvalue weighted by Crippen LogP contribution is 2.26. The van der Waals surface area contributed by atoms with Crippen LogP contribution < -0.4 is 0 Å². The molecule has 0 saturated heterocycles. The standard InChI is InChI=1S/C23H17NO2/c25-23(20-14-13-17-8-4-5-11-19(17)16-20)26-22(18-9-2-1-3-10-18)21-12-6-7-15-24-21/h1-16,22H. The van der Waals surface area contributed by atoms with Crippen LogP contribution in [0.3, 0.4) is 0 Å². The van der Waals surface area contributed by atoms with E-state index in [-0.39, 0.29) is 5.97 Å². The summed E-state index contributed by atoms with van der Waals surface area (Å²) in [6.07, 6.45) is 1.16. The van der Waals surface area contributed by atoms with Crippen LogP contribution >= 0.6 is 0 Å². The lowest BCUT2D eigenvalue weighted by Gasteiger charge is -2.18. The van der Waals surface area contributed by atoms with Crippen molar-refractivity contribution < 1.29 is 9.53 Å². The molecule has 0 aliphatic carbocycles. The molecule has 1 heterocycles. The zero-order chi connectivity index (χ0) is 17.8. The number of aromatic nitrogens is 1. The normalized spacial score (nSPS) is 11.8. The molecule has 1 unspecified atom stereocenters. The van der Waals surface area contributed by atoms with Gasteiger partial charge in [0.25, 0.3) is 0 Å². The van der Waals surface area contributed by atoms with E-state index in [2.05, 4.69) is 4.98 Å². The van der Waals surface area contributed by atoms with Crippen molar-refractivity contribution in [2.24, 2.45) is 0 Å². The van der Waals surface area contributed by atoms with Crippen LogP contribution in [0.5, 0.6) is 0 Å². The molecule has 3 heteroatoms. The third kappa shape index (κ3) is 3.33. The summed E-state index contributed by atoms with van der Waals surface area (Å²) in [6, 6.07) is 28.8. The predicted molar refractivity (Wildman–Crippen MR) is 102 cm³/mol. The second-order valence-corrected chi connectivity index (χ2v) is 6.01. The first kappa shape index (κ1) is 16.0. The third-order valence-electron chi connectivity index (χ3n) is 4.27. The van der Waals surface area contributed by atoms with Crippen LogP contribution in [0, 0.1) is 0 Å². The Bertz CT molecular complexity index is 990. The number of fused-ring (bicyclic) bond motifs is 1. The van der Waals surface area contributed by atoms with Crippen LogP contribution in [0.4, 0.5) is 0 Å². The second-order valence-electron chi connectivity index (χ2n) is 6.01. The maximum absolute atomic E-state index is 12.8. The van der Waals surface area contributed by atoms with Gasteiger partial charge in [0.15, 0.2) is 6.10 Å². The summed E-state index contributed by atoms with van der Waals surface area (Å²) in [6.45, 7) is 0. The van der Waals surface area contributed by atoms with E-state index in [4.69, 9.17) is 4.74 Å². The van der Waals surface area contributed by atoms with Crippen molar-refractivity contribution in [3.63, 3.8) is 0 Å².